The van der Waals surface area contributed by atoms with Crippen LogP contribution in [0.1, 0.15) is 46.7 Å². The van der Waals surface area contributed by atoms with Gasteiger partial charge in [0.15, 0.2) is 5.11 Å². The van der Waals surface area contributed by atoms with Crippen LogP contribution in [-0.4, -0.2) is 39.1 Å². The number of aromatic nitrogens is 2. The van der Waals surface area contributed by atoms with Crippen LogP contribution < -0.4 is 15.4 Å². The Morgan fingerprint density at radius 1 is 1.07 bits per heavy atom. The van der Waals surface area contributed by atoms with Gasteiger partial charge in [-0.1, -0.05) is 35.9 Å². The fourth-order valence-corrected chi connectivity index (χ4v) is 6.10. The molecule has 0 radical (unpaired) electrons. The minimum atomic E-state index is -0.182. The van der Waals surface area contributed by atoms with E-state index in [-0.39, 0.29) is 24.4 Å². The summed E-state index contributed by atoms with van der Waals surface area (Å²) in [6.07, 6.45) is 2.04. The van der Waals surface area contributed by atoms with Gasteiger partial charge in [-0.15, -0.1) is 0 Å². The predicted octanol–water partition coefficient (Wildman–Crippen LogP) is 6.46. The summed E-state index contributed by atoms with van der Waals surface area (Å²) in [6.45, 7) is 6.82. The molecule has 206 valence electrons. The number of benzene rings is 2. The Labute approximate surface area is 245 Å². The number of carbonyl (C=O) groups is 1. The van der Waals surface area contributed by atoms with Crippen LogP contribution in [-0.2, 0) is 4.79 Å². The van der Waals surface area contributed by atoms with Gasteiger partial charge in [-0.05, 0) is 81.0 Å². The van der Waals surface area contributed by atoms with Crippen molar-refractivity contribution in [2.45, 2.75) is 39.3 Å². The maximum atomic E-state index is 13.1. The van der Waals surface area contributed by atoms with Gasteiger partial charge in [0.1, 0.15) is 5.75 Å². The number of hydrogen-bond donors (Lipinski definition) is 2. The molecule has 40 heavy (non-hydrogen) atoms. The zero-order valence-electron chi connectivity index (χ0n) is 22.9. The Hall–Kier alpha value is -3.88. The van der Waals surface area contributed by atoms with Gasteiger partial charge in [-0.2, -0.15) is 0 Å². The molecule has 0 aliphatic carbocycles. The molecule has 2 atom stereocenters. The molecule has 1 amide bonds. The normalized spacial score (nSPS) is 16.6. The number of methoxy groups -OCH3 is 1. The van der Waals surface area contributed by atoms with E-state index in [4.69, 9.17) is 28.6 Å². The van der Waals surface area contributed by atoms with Crippen LogP contribution in [0, 0.1) is 20.8 Å². The van der Waals surface area contributed by atoms with Crippen LogP contribution in [0.5, 0.6) is 5.75 Å². The second-order valence-corrected chi connectivity index (χ2v) is 10.7. The van der Waals surface area contributed by atoms with Gasteiger partial charge < -0.3 is 24.8 Å². The van der Waals surface area contributed by atoms with Gasteiger partial charge in [0.2, 0.25) is 5.91 Å². The van der Waals surface area contributed by atoms with E-state index in [9.17, 15) is 4.79 Å². The molecule has 1 fully saturated rings. The molecule has 5 rings (SSSR count). The molecule has 2 N–H and O–H groups in total. The molecule has 4 aromatic rings. The molecule has 0 spiro atoms. The van der Waals surface area contributed by atoms with E-state index in [1.807, 2.05) is 60.7 Å². The van der Waals surface area contributed by atoms with Crippen LogP contribution in [0.15, 0.2) is 72.9 Å². The lowest BCUT2D eigenvalue weighted by molar-refractivity contribution is -0.116. The lowest BCUT2D eigenvalue weighted by Crippen LogP contribution is -2.33. The molecule has 1 aliphatic heterocycles. The Bertz CT molecular complexity index is 1550. The molecule has 0 unspecified atom stereocenters. The summed E-state index contributed by atoms with van der Waals surface area (Å²) in [5.74, 6) is 0.500. The summed E-state index contributed by atoms with van der Waals surface area (Å²) in [4.78, 5) is 19.8. The van der Waals surface area contributed by atoms with Crippen molar-refractivity contribution >= 4 is 40.5 Å². The van der Waals surface area contributed by atoms with E-state index in [1.165, 1.54) is 5.56 Å². The number of amides is 1. The summed E-state index contributed by atoms with van der Waals surface area (Å²) in [5, 5.41) is 7.76. The highest BCUT2D eigenvalue weighted by atomic mass is 35.5. The molecular formula is C31H32ClN5O2S. The van der Waals surface area contributed by atoms with Crippen LogP contribution >= 0.6 is 23.8 Å². The van der Waals surface area contributed by atoms with Gasteiger partial charge >= 0.3 is 0 Å². The van der Waals surface area contributed by atoms with Crippen LogP contribution in [0.3, 0.4) is 0 Å². The molecule has 3 heterocycles. The van der Waals surface area contributed by atoms with Crippen molar-refractivity contribution in [1.29, 1.82) is 0 Å². The average molecular weight is 574 g/mol. The Kier molecular flexibility index (Phi) is 8.09. The number of nitrogens with zero attached hydrogens (tertiary/aromatic N) is 3. The van der Waals surface area contributed by atoms with E-state index >= 15 is 0 Å². The lowest BCUT2D eigenvalue weighted by atomic mass is 9.93. The maximum Gasteiger partial charge on any atom is 0.226 e. The number of rotatable bonds is 8. The number of carbonyl (C=O) groups excluding carboxylic acids is 1. The number of pyridine rings is 1. The van der Waals surface area contributed by atoms with Crippen molar-refractivity contribution in [1.82, 2.24) is 19.8 Å². The number of thiocarbonyl (C=S) groups is 1. The summed E-state index contributed by atoms with van der Waals surface area (Å²) < 4.78 is 7.63. The number of ether oxygens (including phenoxy) is 1. The second kappa shape index (κ2) is 11.7. The topological polar surface area (TPSA) is 71.4 Å². The SMILES string of the molecule is COc1ccccc1NC(=O)CCN1C(=S)N[C@H](c2ccccn2)[C@@H]1c1c(C)c(C)n(-c2cccc(Cl)c2)c1C. The first kappa shape index (κ1) is 27.7. The summed E-state index contributed by atoms with van der Waals surface area (Å²) in [7, 11) is 1.59. The lowest BCUT2D eigenvalue weighted by Gasteiger charge is -2.29. The van der Waals surface area contributed by atoms with Gasteiger partial charge in [-0.25, -0.2) is 0 Å². The van der Waals surface area contributed by atoms with E-state index in [0.717, 1.165) is 28.3 Å². The molecule has 0 bridgehead atoms. The number of anilines is 1. The van der Waals surface area contributed by atoms with E-state index in [0.29, 0.717) is 28.1 Å². The van der Waals surface area contributed by atoms with Crippen molar-refractivity contribution < 1.29 is 9.53 Å². The molecule has 1 saturated heterocycles. The minimum Gasteiger partial charge on any atom is -0.495 e. The first-order chi connectivity index (χ1) is 19.3. The monoisotopic (exact) mass is 573 g/mol. The molecule has 7 nitrogen and oxygen atoms in total. The molecule has 1 aliphatic rings. The highest BCUT2D eigenvalue weighted by Gasteiger charge is 2.42. The largest absolute Gasteiger partial charge is 0.495 e. The van der Waals surface area contributed by atoms with Crippen LogP contribution in [0.4, 0.5) is 5.69 Å². The summed E-state index contributed by atoms with van der Waals surface area (Å²) in [5.41, 5.74) is 7.08. The summed E-state index contributed by atoms with van der Waals surface area (Å²) in [6, 6.07) is 20.8. The number of nitrogens with one attached hydrogen (secondary N) is 2. The fraction of sp³-hybridized carbons (Fsp3) is 0.258. The van der Waals surface area contributed by atoms with Gasteiger partial charge in [-0.3, -0.25) is 9.78 Å². The van der Waals surface area contributed by atoms with Crippen LogP contribution in [0.25, 0.3) is 5.69 Å². The fourth-order valence-electron chi connectivity index (χ4n) is 5.59. The first-order valence-corrected chi connectivity index (χ1v) is 13.9. The number of hydrogen-bond acceptors (Lipinski definition) is 4. The quantitative estimate of drug-likeness (QED) is 0.236. The smallest absolute Gasteiger partial charge is 0.226 e. The minimum absolute atomic E-state index is 0.117. The molecule has 9 heteroatoms. The Balaban J connectivity index is 1.50. The van der Waals surface area contributed by atoms with Crippen molar-refractivity contribution in [2.75, 3.05) is 19.0 Å². The van der Waals surface area contributed by atoms with Crippen molar-refractivity contribution in [3.05, 3.63) is 106 Å². The first-order valence-electron chi connectivity index (χ1n) is 13.2. The summed E-state index contributed by atoms with van der Waals surface area (Å²) >= 11 is 12.2. The average Bonchev–Trinajstić information content (AvgIpc) is 3.39. The maximum absolute atomic E-state index is 13.1. The highest BCUT2D eigenvalue weighted by Crippen LogP contribution is 2.43. The number of halogens is 1. The van der Waals surface area contributed by atoms with Crippen molar-refractivity contribution in [3.8, 4) is 11.4 Å². The van der Waals surface area contributed by atoms with Gasteiger partial charge in [0.25, 0.3) is 0 Å². The third kappa shape index (κ3) is 5.29. The standard InChI is InChI=1S/C31H32ClN5O2S/c1-19-20(2)37(23-11-9-10-22(32)18-23)21(3)28(19)30-29(25-13-7-8-16-33-25)35-31(40)36(30)17-15-27(38)34-24-12-5-6-14-26(24)39-4/h5-14,16,18,29-30H,15,17H2,1-4H3,(H,34,38)(H,35,40)/t29-,30+/m1/s1. The molecule has 0 saturated carbocycles. The predicted molar refractivity (Wildman–Crippen MR) is 163 cm³/mol. The molecular weight excluding hydrogens is 542 g/mol. The highest BCUT2D eigenvalue weighted by molar-refractivity contribution is 7.80. The Morgan fingerprint density at radius 3 is 2.58 bits per heavy atom. The third-order valence-corrected chi connectivity index (χ3v) is 8.12. The van der Waals surface area contributed by atoms with Crippen molar-refractivity contribution in [3.63, 3.8) is 0 Å². The zero-order chi connectivity index (χ0) is 28.4. The van der Waals surface area contributed by atoms with Gasteiger partial charge in [0, 0.05) is 46.8 Å². The van der Waals surface area contributed by atoms with E-state index in [1.54, 1.807) is 13.3 Å². The number of para-hydroxylation sites is 2. The van der Waals surface area contributed by atoms with Gasteiger partial charge in [0.05, 0.1) is 30.6 Å². The third-order valence-electron chi connectivity index (χ3n) is 7.53. The van der Waals surface area contributed by atoms with E-state index in [2.05, 4.69) is 51.9 Å². The zero-order valence-corrected chi connectivity index (χ0v) is 24.5. The van der Waals surface area contributed by atoms with Crippen LogP contribution in [0.2, 0.25) is 5.02 Å². The Morgan fingerprint density at radius 2 is 1.85 bits per heavy atom. The molecule has 2 aromatic carbocycles. The van der Waals surface area contributed by atoms with Crippen molar-refractivity contribution in [2.24, 2.45) is 0 Å². The van der Waals surface area contributed by atoms with E-state index < -0.39 is 0 Å². The second-order valence-electron chi connectivity index (χ2n) is 9.84. The molecule has 2 aromatic heterocycles.